The molecule has 210 valence electrons. The second-order valence-corrected chi connectivity index (χ2v) is 9.65. The zero-order valence-corrected chi connectivity index (χ0v) is 22.6. The van der Waals surface area contributed by atoms with Gasteiger partial charge >= 0.3 is 0 Å². The Balaban J connectivity index is 1.42. The lowest BCUT2D eigenvalue weighted by Crippen LogP contribution is -2.49. The minimum atomic E-state index is -1.28. The minimum Gasteiger partial charge on any atom is -0.388 e. The van der Waals surface area contributed by atoms with E-state index in [4.69, 9.17) is 18.9 Å². The molecule has 0 radical (unpaired) electrons. The Labute approximate surface area is 236 Å². The summed E-state index contributed by atoms with van der Waals surface area (Å²) >= 11 is 0. The normalized spacial score (nSPS) is 14.3. The Bertz CT molecular complexity index is 1090. The average Bonchev–Trinajstić information content (AvgIpc) is 3.02. The van der Waals surface area contributed by atoms with Crippen LogP contribution < -0.4 is 0 Å². The molecule has 0 saturated carbocycles. The first-order valence-corrected chi connectivity index (χ1v) is 13.6. The molecule has 0 aromatic heterocycles. The first-order chi connectivity index (χ1) is 19.7. The van der Waals surface area contributed by atoms with Crippen LogP contribution in [0.5, 0.6) is 0 Å². The molecular formula is C34H38O6. The third-order valence-corrected chi connectivity index (χ3v) is 6.51. The molecule has 0 amide bonds. The van der Waals surface area contributed by atoms with E-state index in [0.717, 1.165) is 22.3 Å². The van der Waals surface area contributed by atoms with Crippen molar-refractivity contribution in [2.45, 2.75) is 50.8 Å². The van der Waals surface area contributed by atoms with Crippen LogP contribution in [0, 0.1) is 0 Å². The van der Waals surface area contributed by atoms with Gasteiger partial charge in [0.05, 0.1) is 39.6 Å². The van der Waals surface area contributed by atoms with Gasteiger partial charge in [-0.05, 0) is 22.3 Å². The Kier molecular flexibility index (Phi) is 12.3. The van der Waals surface area contributed by atoms with Gasteiger partial charge in [0.15, 0.2) is 0 Å². The van der Waals surface area contributed by atoms with Crippen molar-refractivity contribution in [3.63, 3.8) is 0 Å². The van der Waals surface area contributed by atoms with E-state index in [1.807, 2.05) is 121 Å². The molecule has 4 aromatic carbocycles. The number of aliphatic hydroxyl groups excluding tert-OH is 2. The third kappa shape index (κ3) is 9.99. The number of hydrogen-bond donors (Lipinski definition) is 2. The van der Waals surface area contributed by atoms with Crippen molar-refractivity contribution in [3.05, 3.63) is 144 Å². The number of rotatable bonds is 17. The van der Waals surface area contributed by atoms with Gasteiger partial charge in [-0.25, -0.2) is 0 Å². The first kappa shape index (κ1) is 29.6. The molecule has 0 fully saturated rings. The number of benzene rings is 4. The van der Waals surface area contributed by atoms with Crippen LogP contribution in [0.4, 0.5) is 0 Å². The summed E-state index contributed by atoms with van der Waals surface area (Å²) in [5.41, 5.74) is 3.94. The van der Waals surface area contributed by atoms with Gasteiger partial charge in [0.1, 0.15) is 24.4 Å². The fourth-order valence-electron chi connectivity index (χ4n) is 4.22. The summed E-state index contributed by atoms with van der Waals surface area (Å²) in [6, 6.07) is 39.0. The molecule has 6 heteroatoms. The quantitative estimate of drug-likeness (QED) is 0.188. The van der Waals surface area contributed by atoms with Gasteiger partial charge < -0.3 is 29.2 Å². The first-order valence-electron chi connectivity index (χ1n) is 13.6. The van der Waals surface area contributed by atoms with Crippen LogP contribution in [-0.2, 0) is 45.4 Å². The SMILES string of the molecule is O[C@H]([C@H](O)[C@H](COCc1ccccc1)OCc1ccccc1)[C@@H](COCc1ccccc1)OCc1ccccc1. The average molecular weight is 543 g/mol. The summed E-state index contributed by atoms with van der Waals surface area (Å²) < 4.78 is 24.1. The van der Waals surface area contributed by atoms with Crippen LogP contribution in [0.2, 0.25) is 0 Å². The molecule has 2 N–H and O–H groups in total. The van der Waals surface area contributed by atoms with E-state index >= 15 is 0 Å². The van der Waals surface area contributed by atoms with E-state index in [1.54, 1.807) is 0 Å². The maximum Gasteiger partial charge on any atom is 0.111 e. The van der Waals surface area contributed by atoms with Gasteiger partial charge in [-0.1, -0.05) is 121 Å². The van der Waals surface area contributed by atoms with Gasteiger partial charge in [0, 0.05) is 0 Å². The lowest BCUT2D eigenvalue weighted by Gasteiger charge is -2.32. The summed E-state index contributed by atoms with van der Waals surface area (Å²) in [6.45, 7) is 1.45. The fourth-order valence-corrected chi connectivity index (χ4v) is 4.22. The highest BCUT2D eigenvalue weighted by Gasteiger charge is 2.34. The number of ether oxygens (including phenoxy) is 4. The number of aliphatic hydroxyl groups is 2. The molecule has 0 bridgehead atoms. The van der Waals surface area contributed by atoms with Crippen molar-refractivity contribution >= 4 is 0 Å². The van der Waals surface area contributed by atoms with Crippen molar-refractivity contribution in [1.82, 2.24) is 0 Å². The van der Waals surface area contributed by atoms with E-state index < -0.39 is 24.4 Å². The van der Waals surface area contributed by atoms with Crippen LogP contribution in [0.15, 0.2) is 121 Å². The molecule has 0 aliphatic rings. The molecular weight excluding hydrogens is 504 g/mol. The molecule has 4 atom stereocenters. The molecule has 0 unspecified atom stereocenters. The van der Waals surface area contributed by atoms with Crippen molar-refractivity contribution in [2.75, 3.05) is 13.2 Å². The van der Waals surface area contributed by atoms with Crippen molar-refractivity contribution in [2.24, 2.45) is 0 Å². The maximum absolute atomic E-state index is 11.3. The molecule has 4 aromatic rings. The minimum absolute atomic E-state index is 0.0935. The van der Waals surface area contributed by atoms with E-state index in [1.165, 1.54) is 0 Å². The zero-order valence-electron chi connectivity index (χ0n) is 22.6. The van der Waals surface area contributed by atoms with E-state index in [9.17, 15) is 10.2 Å². The highest BCUT2D eigenvalue weighted by atomic mass is 16.6. The smallest absolute Gasteiger partial charge is 0.111 e. The van der Waals surface area contributed by atoms with Gasteiger partial charge in [0.25, 0.3) is 0 Å². The molecule has 0 aliphatic heterocycles. The summed E-state index contributed by atoms with van der Waals surface area (Å²) in [4.78, 5) is 0. The van der Waals surface area contributed by atoms with E-state index in [-0.39, 0.29) is 26.4 Å². The van der Waals surface area contributed by atoms with Crippen LogP contribution in [0.3, 0.4) is 0 Å². The van der Waals surface area contributed by atoms with Crippen molar-refractivity contribution in [3.8, 4) is 0 Å². The molecule has 0 spiro atoms. The second kappa shape index (κ2) is 16.7. The third-order valence-electron chi connectivity index (χ3n) is 6.51. The number of hydrogen-bond acceptors (Lipinski definition) is 6. The topological polar surface area (TPSA) is 77.4 Å². The molecule has 6 nitrogen and oxygen atoms in total. The highest BCUT2D eigenvalue weighted by molar-refractivity contribution is 5.15. The molecule has 4 rings (SSSR count). The standard InChI is InChI=1S/C34H38O6/c35-33(31(39-23-29-17-9-3-10-18-29)25-37-21-27-13-5-1-6-14-27)34(36)32(40-24-30-19-11-4-12-20-30)26-38-22-28-15-7-2-8-16-28/h1-20,31-36H,21-26H2/t31-,32+,33+,34-. The predicted molar refractivity (Wildman–Crippen MR) is 154 cm³/mol. The maximum atomic E-state index is 11.3. The van der Waals surface area contributed by atoms with E-state index in [2.05, 4.69) is 0 Å². The predicted octanol–water partition coefficient (Wildman–Crippen LogP) is 5.31. The van der Waals surface area contributed by atoms with Crippen LogP contribution in [-0.4, -0.2) is 47.8 Å². The Morgan fingerprint density at radius 1 is 0.400 bits per heavy atom. The molecule has 0 heterocycles. The van der Waals surface area contributed by atoms with Gasteiger partial charge in [-0.15, -0.1) is 0 Å². The fraction of sp³-hybridized carbons (Fsp3) is 0.294. The van der Waals surface area contributed by atoms with Crippen LogP contribution >= 0.6 is 0 Å². The van der Waals surface area contributed by atoms with E-state index in [0.29, 0.717) is 13.2 Å². The summed E-state index contributed by atoms with van der Waals surface area (Å²) in [7, 11) is 0. The summed E-state index contributed by atoms with van der Waals surface area (Å²) in [5.74, 6) is 0. The lowest BCUT2D eigenvalue weighted by molar-refractivity contribution is -0.170. The molecule has 0 saturated heterocycles. The Hall–Kier alpha value is -3.36. The molecule has 0 aliphatic carbocycles. The largest absolute Gasteiger partial charge is 0.388 e. The summed E-state index contributed by atoms with van der Waals surface area (Å²) in [5, 5.41) is 22.7. The van der Waals surface area contributed by atoms with Gasteiger partial charge in [0.2, 0.25) is 0 Å². The molecule has 40 heavy (non-hydrogen) atoms. The van der Waals surface area contributed by atoms with Crippen molar-refractivity contribution < 1.29 is 29.2 Å². The van der Waals surface area contributed by atoms with Crippen LogP contribution in [0.1, 0.15) is 22.3 Å². The monoisotopic (exact) mass is 542 g/mol. The van der Waals surface area contributed by atoms with Crippen LogP contribution in [0.25, 0.3) is 0 Å². The second-order valence-electron chi connectivity index (χ2n) is 9.65. The summed E-state index contributed by atoms with van der Waals surface area (Å²) in [6.07, 6.45) is -4.15. The van der Waals surface area contributed by atoms with Gasteiger partial charge in [-0.2, -0.15) is 0 Å². The van der Waals surface area contributed by atoms with Gasteiger partial charge in [-0.3, -0.25) is 0 Å². The van der Waals surface area contributed by atoms with Crippen molar-refractivity contribution in [1.29, 1.82) is 0 Å². The Morgan fingerprint density at radius 3 is 0.975 bits per heavy atom. The lowest BCUT2D eigenvalue weighted by atomic mass is 10.0. The highest BCUT2D eigenvalue weighted by Crippen LogP contribution is 2.17. The Morgan fingerprint density at radius 2 is 0.675 bits per heavy atom. The zero-order chi connectivity index (χ0) is 27.8.